The number of amides is 2. The summed E-state index contributed by atoms with van der Waals surface area (Å²) in [5, 5.41) is 3.15. The summed E-state index contributed by atoms with van der Waals surface area (Å²) in [6.45, 7) is 2.19. The Labute approximate surface area is 198 Å². The SMILES string of the molecule is COc1ccc(C2(C(=O)Nc3ccc4c(c3)CN(C(=O)c3ccco3)CC4)CCOCC2)cc1. The minimum atomic E-state index is -0.665. The molecular weight excluding hydrogens is 432 g/mol. The van der Waals surface area contributed by atoms with Crippen molar-refractivity contribution in [2.45, 2.75) is 31.2 Å². The number of rotatable bonds is 5. The molecule has 0 saturated carbocycles. The van der Waals surface area contributed by atoms with Gasteiger partial charge >= 0.3 is 0 Å². The van der Waals surface area contributed by atoms with E-state index in [-0.39, 0.29) is 11.8 Å². The Morgan fingerprint density at radius 3 is 2.53 bits per heavy atom. The van der Waals surface area contributed by atoms with Gasteiger partial charge in [-0.25, -0.2) is 0 Å². The first-order chi connectivity index (χ1) is 16.6. The lowest BCUT2D eigenvalue weighted by molar-refractivity contribution is -0.125. The summed E-state index contributed by atoms with van der Waals surface area (Å²) >= 11 is 0. The van der Waals surface area contributed by atoms with Gasteiger partial charge in [0.2, 0.25) is 5.91 Å². The molecule has 34 heavy (non-hydrogen) atoms. The third kappa shape index (κ3) is 4.19. The molecule has 0 aliphatic carbocycles. The van der Waals surface area contributed by atoms with Gasteiger partial charge in [-0.15, -0.1) is 0 Å². The molecule has 176 valence electrons. The first-order valence-corrected chi connectivity index (χ1v) is 11.6. The highest BCUT2D eigenvalue weighted by atomic mass is 16.5. The number of furan rings is 1. The van der Waals surface area contributed by atoms with Gasteiger partial charge in [0.05, 0.1) is 18.8 Å². The van der Waals surface area contributed by atoms with Crippen LogP contribution in [0.3, 0.4) is 0 Å². The molecule has 3 heterocycles. The Hall–Kier alpha value is -3.58. The van der Waals surface area contributed by atoms with Crippen LogP contribution in [0.2, 0.25) is 0 Å². The number of hydrogen-bond donors (Lipinski definition) is 1. The van der Waals surface area contributed by atoms with Gasteiger partial charge in [-0.3, -0.25) is 9.59 Å². The number of benzene rings is 2. The van der Waals surface area contributed by atoms with Crippen molar-refractivity contribution in [2.75, 3.05) is 32.2 Å². The Balaban J connectivity index is 1.36. The van der Waals surface area contributed by atoms with Crippen molar-refractivity contribution in [3.8, 4) is 5.75 Å². The van der Waals surface area contributed by atoms with E-state index in [1.54, 1.807) is 24.1 Å². The zero-order valence-corrected chi connectivity index (χ0v) is 19.2. The topological polar surface area (TPSA) is 81.0 Å². The average molecular weight is 461 g/mol. The van der Waals surface area contributed by atoms with Crippen LogP contribution in [0.4, 0.5) is 5.69 Å². The number of hydrogen-bond acceptors (Lipinski definition) is 5. The molecule has 2 aliphatic heterocycles. The smallest absolute Gasteiger partial charge is 0.289 e. The van der Waals surface area contributed by atoms with Crippen molar-refractivity contribution in [2.24, 2.45) is 0 Å². The van der Waals surface area contributed by atoms with Crippen molar-refractivity contribution < 1.29 is 23.5 Å². The lowest BCUT2D eigenvalue weighted by Gasteiger charge is -2.36. The van der Waals surface area contributed by atoms with Crippen LogP contribution in [0.5, 0.6) is 5.75 Å². The zero-order chi connectivity index (χ0) is 23.5. The molecule has 3 aromatic rings. The van der Waals surface area contributed by atoms with E-state index < -0.39 is 5.41 Å². The minimum absolute atomic E-state index is 0.0414. The Morgan fingerprint density at radius 2 is 1.82 bits per heavy atom. The molecule has 2 aromatic carbocycles. The maximum atomic E-state index is 13.7. The van der Waals surface area contributed by atoms with Crippen LogP contribution in [0, 0.1) is 0 Å². The number of nitrogens with zero attached hydrogens (tertiary/aromatic N) is 1. The number of fused-ring (bicyclic) bond motifs is 1. The summed E-state index contributed by atoms with van der Waals surface area (Å²) in [6.07, 6.45) is 3.50. The van der Waals surface area contributed by atoms with Crippen molar-refractivity contribution in [1.29, 1.82) is 0 Å². The van der Waals surface area contributed by atoms with Gasteiger partial charge < -0.3 is 24.1 Å². The number of nitrogens with one attached hydrogen (secondary N) is 1. The lowest BCUT2D eigenvalue weighted by atomic mass is 9.73. The van der Waals surface area contributed by atoms with E-state index in [0.29, 0.717) is 44.9 Å². The molecule has 5 rings (SSSR count). The average Bonchev–Trinajstić information content (AvgIpc) is 3.43. The predicted molar refractivity (Wildman–Crippen MR) is 127 cm³/mol. The summed E-state index contributed by atoms with van der Waals surface area (Å²) in [6, 6.07) is 17.1. The highest BCUT2D eigenvalue weighted by Gasteiger charge is 2.42. The molecule has 0 spiro atoms. The van der Waals surface area contributed by atoms with Gasteiger partial charge in [-0.05, 0) is 72.4 Å². The molecule has 1 aromatic heterocycles. The largest absolute Gasteiger partial charge is 0.497 e. The Morgan fingerprint density at radius 1 is 1.03 bits per heavy atom. The second-order valence-electron chi connectivity index (χ2n) is 8.81. The predicted octanol–water partition coefficient (Wildman–Crippen LogP) is 4.17. The maximum absolute atomic E-state index is 13.7. The number of carbonyl (C=O) groups is 2. The number of carbonyl (C=O) groups excluding carboxylic acids is 2. The highest BCUT2D eigenvalue weighted by Crippen LogP contribution is 2.37. The van der Waals surface area contributed by atoms with E-state index >= 15 is 0 Å². The van der Waals surface area contributed by atoms with E-state index in [1.807, 2.05) is 42.5 Å². The second-order valence-corrected chi connectivity index (χ2v) is 8.81. The second kappa shape index (κ2) is 9.35. The summed E-state index contributed by atoms with van der Waals surface area (Å²) < 4.78 is 16.2. The van der Waals surface area contributed by atoms with Gasteiger partial charge in [-0.1, -0.05) is 18.2 Å². The van der Waals surface area contributed by atoms with Gasteiger partial charge in [0.1, 0.15) is 5.75 Å². The summed E-state index contributed by atoms with van der Waals surface area (Å²) in [7, 11) is 1.63. The third-order valence-electron chi connectivity index (χ3n) is 6.92. The van der Waals surface area contributed by atoms with Gasteiger partial charge in [0.25, 0.3) is 5.91 Å². The van der Waals surface area contributed by atoms with Crippen LogP contribution in [-0.4, -0.2) is 43.6 Å². The first kappa shape index (κ1) is 22.2. The highest BCUT2D eigenvalue weighted by molar-refractivity contribution is 5.99. The van der Waals surface area contributed by atoms with E-state index in [1.165, 1.54) is 11.8 Å². The van der Waals surface area contributed by atoms with Crippen LogP contribution < -0.4 is 10.1 Å². The molecule has 1 fully saturated rings. The number of methoxy groups -OCH3 is 1. The molecule has 0 bridgehead atoms. The molecule has 7 heteroatoms. The van der Waals surface area contributed by atoms with Gasteiger partial charge in [0, 0.05) is 32.0 Å². The third-order valence-corrected chi connectivity index (χ3v) is 6.92. The normalized spacial score (nSPS) is 17.0. The first-order valence-electron chi connectivity index (χ1n) is 11.6. The fourth-order valence-corrected chi connectivity index (χ4v) is 4.89. The van der Waals surface area contributed by atoms with Gasteiger partial charge in [0.15, 0.2) is 5.76 Å². The Bertz CT molecular complexity index is 1160. The van der Waals surface area contributed by atoms with Crippen LogP contribution >= 0.6 is 0 Å². The number of ether oxygens (including phenoxy) is 2. The molecule has 1 saturated heterocycles. The number of anilines is 1. The standard InChI is InChI=1S/C27H28N2O5/c1-32-23-8-5-21(6-9-23)27(11-15-33-16-12-27)26(31)28-22-7-4-19-10-13-29(18-20(19)17-22)25(30)24-3-2-14-34-24/h2-9,14,17H,10-13,15-16,18H2,1H3,(H,28,31). The molecule has 7 nitrogen and oxygen atoms in total. The molecular formula is C27H28N2O5. The van der Waals surface area contributed by atoms with Crippen molar-refractivity contribution in [1.82, 2.24) is 4.90 Å². The van der Waals surface area contributed by atoms with E-state index in [0.717, 1.165) is 29.0 Å². The fourth-order valence-electron chi connectivity index (χ4n) is 4.89. The fraction of sp³-hybridized carbons (Fsp3) is 0.333. The van der Waals surface area contributed by atoms with Crippen LogP contribution in [-0.2, 0) is 27.9 Å². The van der Waals surface area contributed by atoms with Crippen molar-refractivity contribution in [3.05, 3.63) is 83.3 Å². The van der Waals surface area contributed by atoms with Crippen molar-refractivity contribution in [3.63, 3.8) is 0 Å². The molecule has 2 amide bonds. The summed E-state index contributed by atoms with van der Waals surface area (Å²) in [4.78, 5) is 28.2. The summed E-state index contributed by atoms with van der Waals surface area (Å²) in [5.74, 6) is 0.939. The molecule has 2 aliphatic rings. The van der Waals surface area contributed by atoms with Crippen molar-refractivity contribution >= 4 is 17.5 Å². The lowest BCUT2D eigenvalue weighted by Crippen LogP contribution is -2.44. The molecule has 0 atom stereocenters. The zero-order valence-electron chi connectivity index (χ0n) is 19.2. The van der Waals surface area contributed by atoms with Crippen LogP contribution in [0.25, 0.3) is 0 Å². The van der Waals surface area contributed by atoms with Crippen LogP contribution in [0.1, 0.15) is 40.1 Å². The van der Waals surface area contributed by atoms with E-state index in [4.69, 9.17) is 13.9 Å². The van der Waals surface area contributed by atoms with Gasteiger partial charge in [-0.2, -0.15) is 0 Å². The molecule has 0 unspecified atom stereocenters. The van der Waals surface area contributed by atoms with E-state index in [9.17, 15) is 9.59 Å². The Kier molecular flexibility index (Phi) is 6.11. The van der Waals surface area contributed by atoms with Crippen LogP contribution in [0.15, 0.2) is 65.3 Å². The molecule has 0 radical (unpaired) electrons. The summed E-state index contributed by atoms with van der Waals surface area (Å²) in [5.41, 5.74) is 3.26. The maximum Gasteiger partial charge on any atom is 0.289 e. The minimum Gasteiger partial charge on any atom is -0.497 e. The quantitative estimate of drug-likeness (QED) is 0.618. The molecule has 1 N–H and O–H groups in total. The van der Waals surface area contributed by atoms with E-state index in [2.05, 4.69) is 5.32 Å². The monoisotopic (exact) mass is 460 g/mol.